The van der Waals surface area contributed by atoms with E-state index in [1.807, 2.05) is 6.92 Å². The molecule has 0 aliphatic carbocycles. The van der Waals surface area contributed by atoms with Gasteiger partial charge in [0.05, 0.1) is 0 Å². The van der Waals surface area contributed by atoms with Gasteiger partial charge < -0.3 is 9.42 Å². The summed E-state index contributed by atoms with van der Waals surface area (Å²) in [7, 11) is 0. The molecule has 6 nitrogen and oxygen atoms in total. The number of nitrogens with zero attached hydrogens (tertiary/aromatic N) is 5. The quantitative estimate of drug-likeness (QED) is 0.842. The van der Waals surface area contributed by atoms with Crippen molar-refractivity contribution in [3.8, 4) is 11.5 Å². The van der Waals surface area contributed by atoms with Crippen LogP contribution in [0.5, 0.6) is 0 Å². The van der Waals surface area contributed by atoms with Crippen molar-refractivity contribution >= 4 is 5.95 Å². The van der Waals surface area contributed by atoms with Crippen molar-refractivity contribution in [1.29, 1.82) is 0 Å². The highest BCUT2D eigenvalue weighted by Crippen LogP contribution is 2.32. The minimum absolute atomic E-state index is 0.00447. The number of rotatable bonds is 2. The normalized spacial score (nSPS) is 19.0. The van der Waals surface area contributed by atoms with Gasteiger partial charge in [-0.3, -0.25) is 0 Å². The topological polar surface area (TPSA) is 67.9 Å². The van der Waals surface area contributed by atoms with Gasteiger partial charge in [-0.2, -0.15) is 18.2 Å². The summed E-state index contributed by atoms with van der Waals surface area (Å²) < 4.78 is 43.2. The zero-order valence-corrected chi connectivity index (χ0v) is 10.4. The average Bonchev–Trinajstić information content (AvgIpc) is 2.89. The summed E-state index contributed by atoms with van der Waals surface area (Å²) in [6.07, 6.45) is -2.61. The first-order valence-electron chi connectivity index (χ1n) is 5.95. The lowest BCUT2D eigenvalue weighted by Crippen LogP contribution is -2.47. The Hall–Kier alpha value is -2.19. The number of alkyl halides is 3. The third-order valence-corrected chi connectivity index (χ3v) is 3.17. The Labute approximate surface area is 111 Å². The van der Waals surface area contributed by atoms with Crippen LogP contribution >= 0.6 is 0 Å². The molecule has 1 fully saturated rings. The van der Waals surface area contributed by atoms with Gasteiger partial charge in [-0.05, 0) is 19.4 Å². The molecule has 3 rings (SSSR count). The molecule has 1 saturated heterocycles. The minimum Gasteiger partial charge on any atom is -0.342 e. The van der Waals surface area contributed by atoms with E-state index in [9.17, 15) is 13.2 Å². The molecule has 0 radical (unpaired) electrons. The van der Waals surface area contributed by atoms with E-state index >= 15 is 0 Å². The molecule has 1 atom stereocenters. The molecular weight excluding hydrogens is 275 g/mol. The maximum absolute atomic E-state index is 12.9. The molecule has 3 heterocycles. The van der Waals surface area contributed by atoms with Crippen molar-refractivity contribution in [3.63, 3.8) is 0 Å². The first-order chi connectivity index (χ1) is 9.45. The third kappa shape index (κ3) is 2.19. The summed E-state index contributed by atoms with van der Waals surface area (Å²) in [5, 5.41) is 3.51. The van der Waals surface area contributed by atoms with Gasteiger partial charge in [-0.1, -0.05) is 5.16 Å². The van der Waals surface area contributed by atoms with Crippen LogP contribution in [0.4, 0.5) is 19.1 Å². The molecule has 0 bridgehead atoms. The molecule has 2 aromatic rings. The predicted octanol–water partition coefficient (Wildman–Crippen LogP) is 2.14. The van der Waals surface area contributed by atoms with E-state index in [1.165, 1.54) is 0 Å². The Balaban J connectivity index is 2.08. The van der Waals surface area contributed by atoms with Crippen molar-refractivity contribution in [2.24, 2.45) is 0 Å². The van der Waals surface area contributed by atoms with Crippen LogP contribution in [0, 0.1) is 0 Å². The molecule has 0 amide bonds. The highest BCUT2D eigenvalue weighted by molar-refractivity contribution is 5.53. The number of anilines is 1. The molecule has 2 aromatic heterocycles. The van der Waals surface area contributed by atoms with Crippen LogP contribution in [-0.4, -0.2) is 32.7 Å². The fourth-order valence-corrected chi connectivity index (χ4v) is 1.92. The van der Waals surface area contributed by atoms with Crippen LogP contribution < -0.4 is 4.90 Å². The maximum atomic E-state index is 12.9. The van der Waals surface area contributed by atoms with Crippen LogP contribution in [0.1, 0.15) is 19.0 Å². The maximum Gasteiger partial charge on any atom is 0.433 e. The number of halogens is 3. The van der Waals surface area contributed by atoms with E-state index in [2.05, 4.69) is 24.6 Å². The summed E-state index contributed by atoms with van der Waals surface area (Å²) in [5.41, 5.74) is -1.02. The average molecular weight is 285 g/mol. The predicted molar refractivity (Wildman–Crippen MR) is 61.8 cm³/mol. The summed E-state index contributed by atoms with van der Waals surface area (Å²) in [4.78, 5) is 13.1. The lowest BCUT2D eigenvalue weighted by Gasteiger charge is -2.38. The molecule has 1 aliphatic rings. The first-order valence-corrected chi connectivity index (χ1v) is 5.95. The Morgan fingerprint density at radius 2 is 2.15 bits per heavy atom. The second kappa shape index (κ2) is 4.43. The molecule has 9 heteroatoms. The summed E-state index contributed by atoms with van der Waals surface area (Å²) in [6, 6.07) is 0.940. The third-order valence-electron chi connectivity index (χ3n) is 3.17. The Morgan fingerprint density at radius 1 is 1.35 bits per heavy atom. The van der Waals surface area contributed by atoms with Gasteiger partial charge in [0.25, 0.3) is 0 Å². The van der Waals surface area contributed by atoms with Crippen LogP contribution in [0.25, 0.3) is 11.5 Å². The van der Waals surface area contributed by atoms with Gasteiger partial charge in [0, 0.05) is 12.6 Å². The van der Waals surface area contributed by atoms with Crippen LogP contribution in [0.2, 0.25) is 0 Å². The van der Waals surface area contributed by atoms with Crippen LogP contribution in [0.3, 0.4) is 0 Å². The van der Waals surface area contributed by atoms with Crippen molar-refractivity contribution in [2.45, 2.75) is 25.6 Å². The largest absolute Gasteiger partial charge is 0.433 e. The van der Waals surface area contributed by atoms with Crippen molar-refractivity contribution in [1.82, 2.24) is 20.1 Å². The molecule has 20 heavy (non-hydrogen) atoms. The highest BCUT2D eigenvalue weighted by atomic mass is 19.4. The molecule has 1 aliphatic heterocycles. The van der Waals surface area contributed by atoms with E-state index in [4.69, 9.17) is 0 Å². The SMILES string of the molecule is CC1CCN1c1nc(-c2ncon2)cc(C(F)(F)F)n1. The molecule has 0 spiro atoms. The molecule has 106 valence electrons. The molecule has 1 unspecified atom stereocenters. The lowest BCUT2D eigenvalue weighted by atomic mass is 10.1. The monoisotopic (exact) mass is 285 g/mol. The second-order valence-electron chi connectivity index (χ2n) is 4.52. The number of aromatic nitrogens is 4. The van der Waals surface area contributed by atoms with E-state index in [0.29, 0.717) is 6.54 Å². The van der Waals surface area contributed by atoms with Gasteiger partial charge in [0.1, 0.15) is 5.69 Å². The number of hydrogen-bond acceptors (Lipinski definition) is 6. The first kappa shape index (κ1) is 12.8. The molecular formula is C11H10F3N5O. The number of hydrogen-bond donors (Lipinski definition) is 0. The van der Waals surface area contributed by atoms with Crippen molar-refractivity contribution in [2.75, 3.05) is 11.4 Å². The lowest BCUT2D eigenvalue weighted by molar-refractivity contribution is -0.141. The van der Waals surface area contributed by atoms with Crippen LogP contribution in [-0.2, 0) is 6.18 Å². The van der Waals surface area contributed by atoms with Crippen molar-refractivity contribution < 1.29 is 17.7 Å². The Morgan fingerprint density at radius 3 is 2.65 bits per heavy atom. The van der Waals surface area contributed by atoms with Gasteiger partial charge in [-0.15, -0.1) is 0 Å². The van der Waals surface area contributed by atoms with Gasteiger partial charge in [0.15, 0.2) is 5.69 Å². The Bertz CT molecular complexity index is 613. The zero-order chi connectivity index (χ0) is 14.3. The standard InChI is InChI=1S/C11H10F3N5O/c1-6-2-3-19(6)10-16-7(9-15-5-20-18-9)4-8(17-10)11(12,13)14/h4-6H,2-3H2,1H3. The van der Waals surface area contributed by atoms with E-state index < -0.39 is 11.9 Å². The second-order valence-corrected chi connectivity index (χ2v) is 4.52. The fourth-order valence-electron chi connectivity index (χ4n) is 1.92. The van der Waals surface area contributed by atoms with E-state index in [1.54, 1.807) is 4.90 Å². The van der Waals surface area contributed by atoms with E-state index in [-0.39, 0.29) is 23.5 Å². The van der Waals surface area contributed by atoms with E-state index in [0.717, 1.165) is 18.9 Å². The van der Waals surface area contributed by atoms with Gasteiger partial charge in [-0.25, -0.2) is 9.97 Å². The molecule has 0 aromatic carbocycles. The smallest absolute Gasteiger partial charge is 0.342 e. The Kier molecular flexibility index (Phi) is 2.84. The minimum atomic E-state index is -4.55. The summed E-state index contributed by atoms with van der Waals surface area (Å²) in [5.74, 6) is 0.0469. The van der Waals surface area contributed by atoms with Gasteiger partial charge in [0.2, 0.25) is 18.2 Å². The highest BCUT2D eigenvalue weighted by Gasteiger charge is 2.36. The zero-order valence-electron chi connectivity index (χ0n) is 10.4. The van der Waals surface area contributed by atoms with Crippen molar-refractivity contribution in [3.05, 3.63) is 18.2 Å². The molecule has 0 N–H and O–H groups in total. The summed E-state index contributed by atoms with van der Waals surface area (Å²) in [6.45, 7) is 2.54. The fraction of sp³-hybridized carbons (Fsp3) is 0.455. The van der Waals surface area contributed by atoms with Gasteiger partial charge >= 0.3 is 6.18 Å². The summed E-state index contributed by atoms with van der Waals surface area (Å²) >= 11 is 0. The van der Waals surface area contributed by atoms with Crippen LogP contribution in [0.15, 0.2) is 17.0 Å². The molecule has 0 saturated carbocycles.